The van der Waals surface area contributed by atoms with E-state index in [1.54, 1.807) is 12.1 Å². The third-order valence-corrected chi connectivity index (χ3v) is 3.20. The normalized spacial score (nSPS) is 16.8. The van der Waals surface area contributed by atoms with Crippen LogP contribution in [0.25, 0.3) is 0 Å². The van der Waals surface area contributed by atoms with Gasteiger partial charge >= 0.3 is 6.03 Å². The number of urea groups is 1. The quantitative estimate of drug-likeness (QED) is 0.873. The van der Waals surface area contributed by atoms with Crippen LogP contribution in [0.4, 0.5) is 4.79 Å². The summed E-state index contributed by atoms with van der Waals surface area (Å²) in [6, 6.07) is 3.61. The molecule has 17 heavy (non-hydrogen) atoms. The van der Waals surface area contributed by atoms with Crippen molar-refractivity contribution in [2.45, 2.75) is 44.7 Å². The summed E-state index contributed by atoms with van der Waals surface area (Å²) in [6.45, 7) is 0.366. The Morgan fingerprint density at radius 3 is 2.76 bits per heavy atom. The molecule has 0 aliphatic heterocycles. The van der Waals surface area contributed by atoms with Crippen molar-refractivity contribution >= 4 is 17.6 Å². The fourth-order valence-electron chi connectivity index (χ4n) is 2.10. The molecule has 4 nitrogen and oxygen atoms in total. The fourth-order valence-corrected chi connectivity index (χ4v) is 2.26. The lowest BCUT2D eigenvalue weighted by Gasteiger charge is -2.22. The second kappa shape index (κ2) is 5.96. The van der Waals surface area contributed by atoms with E-state index >= 15 is 0 Å². The second-order valence-electron chi connectivity index (χ2n) is 4.37. The maximum absolute atomic E-state index is 11.6. The van der Waals surface area contributed by atoms with E-state index in [2.05, 4.69) is 10.6 Å². The molecule has 0 aromatic carbocycles. The van der Waals surface area contributed by atoms with Crippen molar-refractivity contribution in [1.82, 2.24) is 10.6 Å². The molecule has 2 rings (SSSR count). The molecule has 5 heteroatoms. The minimum absolute atomic E-state index is 0.135. The Bertz CT molecular complexity index is 372. The minimum Gasteiger partial charge on any atom is -0.448 e. The number of hydrogen-bond acceptors (Lipinski definition) is 2. The van der Waals surface area contributed by atoms with Crippen molar-refractivity contribution in [3.63, 3.8) is 0 Å². The van der Waals surface area contributed by atoms with Crippen LogP contribution < -0.4 is 10.6 Å². The average Bonchev–Trinajstić information content (AvgIpc) is 2.74. The lowest BCUT2D eigenvalue weighted by atomic mass is 9.96. The Labute approximate surface area is 106 Å². The van der Waals surface area contributed by atoms with Crippen LogP contribution in [0.15, 0.2) is 16.5 Å². The van der Waals surface area contributed by atoms with Gasteiger partial charge in [-0.2, -0.15) is 0 Å². The number of nitrogens with one attached hydrogen (secondary N) is 2. The molecule has 1 saturated carbocycles. The molecule has 2 N–H and O–H groups in total. The third-order valence-electron chi connectivity index (χ3n) is 2.99. The van der Waals surface area contributed by atoms with Gasteiger partial charge in [0.2, 0.25) is 0 Å². The summed E-state index contributed by atoms with van der Waals surface area (Å²) in [5, 5.41) is 6.07. The van der Waals surface area contributed by atoms with Crippen LogP contribution in [-0.4, -0.2) is 12.1 Å². The first-order valence-corrected chi connectivity index (χ1v) is 6.40. The van der Waals surface area contributed by atoms with Gasteiger partial charge in [0.25, 0.3) is 0 Å². The highest BCUT2D eigenvalue weighted by atomic mass is 35.5. The smallest absolute Gasteiger partial charge is 0.315 e. The van der Waals surface area contributed by atoms with Gasteiger partial charge in [0.15, 0.2) is 5.22 Å². The Morgan fingerprint density at radius 2 is 2.12 bits per heavy atom. The molecule has 1 fully saturated rings. The monoisotopic (exact) mass is 256 g/mol. The molecule has 0 unspecified atom stereocenters. The predicted octanol–water partition coefficient (Wildman–Crippen LogP) is 3.06. The fraction of sp³-hybridized carbons (Fsp3) is 0.583. The first-order valence-electron chi connectivity index (χ1n) is 6.02. The van der Waals surface area contributed by atoms with Gasteiger partial charge in [0, 0.05) is 6.04 Å². The van der Waals surface area contributed by atoms with Crippen molar-refractivity contribution < 1.29 is 9.21 Å². The van der Waals surface area contributed by atoms with Crippen molar-refractivity contribution in [1.29, 1.82) is 0 Å². The summed E-state index contributed by atoms with van der Waals surface area (Å²) in [7, 11) is 0. The molecule has 94 valence electrons. The average molecular weight is 257 g/mol. The van der Waals surface area contributed by atoms with Gasteiger partial charge in [-0.1, -0.05) is 19.3 Å². The summed E-state index contributed by atoms with van der Waals surface area (Å²) in [5.41, 5.74) is 0. The zero-order valence-corrected chi connectivity index (χ0v) is 10.4. The zero-order valence-electron chi connectivity index (χ0n) is 9.67. The van der Waals surface area contributed by atoms with Crippen LogP contribution >= 0.6 is 11.6 Å². The van der Waals surface area contributed by atoms with E-state index in [0.29, 0.717) is 23.6 Å². The predicted molar refractivity (Wildman–Crippen MR) is 66.0 cm³/mol. The molecule has 1 aliphatic carbocycles. The van der Waals surface area contributed by atoms with E-state index in [-0.39, 0.29) is 6.03 Å². The highest BCUT2D eigenvalue weighted by molar-refractivity contribution is 6.28. The second-order valence-corrected chi connectivity index (χ2v) is 4.74. The highest BCUT2D eigenvalue weighted by Crippen LogP contribution is 2.17. The van der Waals surface area contributed by atoms with Gasteiger partial charge < -0.3 is 15.1 Å². The van der Waals surface area contributed by atoms with E-state index in [1.165, 1.54) is 19.3 Å². The van der Waals surface area contributed by atoms with Crippen LogP contribution in [0, 0.1) is 0 Å². The molecule has 0 spiro atoms. The number of halogens is 1. The largest absolute Gasteiger partial charge is 0.448 e. The molecule has 0 atom stereocenters. The maximum atomic E-state index is 11.6. The van der Waals surface area contributed by atoms with E-state index in [9.17, 15) is 4.79 Å². The topological polar surface area (TPSA) is 54.3 Å². The van der Waals surface area contributed by atoms with Crippen molar-refractivity contribution in [2.24, 2.45) is 0 Å². The molecule has 1 aromatic heterocycles. The number of amides is 2. The summed E-state index contributed by atoms with van der Waals surface area (Å²) in [4.78, 5) is 11.6. The number of rotatable bonds is 3. The third kappa shape index (κ3) is 3.97. The molecule has 1 heterocycles. The molecule has 1 aromatic rings. The Morgan fingerprint density at radius 1 is 1.35 bits per heavy atom. The summed E-state index contributed by atoms with van der Waals surface area (Å²) in [6.07, 6.45) is 5.86. The molecule has 0 bridgehead atoms. The van der Waals surface area contributed by atoms with Crippen LogP contribution in [0.5, 0.6) is 0 Å². The zero-order chi connectivity index (χ0) is 12.1. The van der Waals surface area contributed by atoms with E-state index in [4.69, 9.17) is 16.0 Å². The van der Waals surface area contributed by atoms with Crippen molar-refractivity contribution in [3.8, 4) is 0 Å². The Hall–Kier alpha value is -1.16. The van der Waals surface area contributed by atoms with Gasteiger partial charge in [0.05, 0.1) is 6.54 Å². The van der Waals surface area contributed by atoms with Gasteiger partial charge in [-0.3, -0.25) is 0 Å². The number of hydrogen-bond donors (Lipinski definition) is 2. The standard InChI is InChI=1S/C12H17ClN2O2/c13-11-7-6-10(17-11)8-14-12(16)15-9-4-2-1-3-5-9/h6-7,9H,1-5,8H2,(H2,14,15,16). The lowest BCUT2D eigenvalue weighted by molar-refractivity contribution is 0.231. The van der Waals surface area contributed by atoms with Crippen LogP contribution in [0.1, 0.15) is 37.9 Å². The van der Waals surface area contributed by atoms with Gasteiger partial charge in [-0.15, -0.1) is 0 Å². The van der Waals surface area contributed by atoms with Crippen molar-refractivity contribution in [3.05, 3.63) is 23.1 Å². The van der Waals surface area contributed by atoms with Crippen LogP contribution in [0.3, 0.4) is 0 Å². The highest BCUT2D eigenvalue weighted by Gasteiger charge is 2.15. The summed E-state index contributed by atoms with van der Waals surface area (Å²) in [5.74, 6) is 0.661. The molecule has 2 amide bonds. The summed E-state index contributed by atoms with van der Waals surface area (Å²) >= 11 is 5.64. The maximum Gasteiger partial charge on any atom is 0.315 e. The van der Waals surface area contributed by atoms with Crippen LogP contribution in [-0.2, 0) is 6.54 Å². The van der Waals surface area contributed by atoms with E-state index in [0.717, 1.165) is 12.8 Å². The number of carbonyl (C=O) groups is 1. The molecule has 1 aliphatic rings. The molecular formula is C12H17ClN2O2. The SMILES string of the molecule is O=C(NCc1ccc(Cl)o1)NC1CCCCC1. The Kier molecular flexibility index (Phi) is 4.31. The van der Waals surface area contributed by atoms with Gasteiger partial charge in [-0.05, 0) is 36.6 Å². The Balaban J connectivity index is 1.70. The first-order chi connectivity index (χ1) is 8.24. The number of furan rings is 1. The molecule has 0 saturated heterocycles. The van der Waals surface area contributed by atoms with Gasteiger partial charge in [-0.25, -0.2) is 4.79 Å². The van der Waals surface area contributed by atoms with Crippen molar-refractivity contribution in [2.75, 3.05) is 0 Å². The molecule has 0 radical (unpaired) electrons. The number of carbonyl (C=O) groups excluding carboxylic acids is 1. The molecular weight excluding hydrogens is 240 g/mol. The summed E-state index contributed by atoms with van der Waals surface area (Å²) < 4.78 is 5.15. The van der Waals surface area contributed by atoms with Crippen LogP contribution in [0.2, 0.25) is 5.22 Å². The lowest BCUT2D eigenvalue weighted by Crippen LogP contribution is -2.42. The van der Waals surface area contributed by atoms with E-state index < -0.39 is 0 Å². The first kappa shape index (κ1) is 12.3. The minimum atomic E-state index is -0.135. The van der Waals surface area contributed by atoms with Gasteiger partial charge in [0.1, 0.15) is 5.76 Å². The van der Waals surface area contributed by atoms with E-state index in [1.807, 2.05) is 0 Å².